The van der Waals surface area contributed by atoms with E-state index < -0.39 is 47.2 Å². The maximum absolute atomic E-state index is 14.2. The van der Waals surface area contributed by atoms with Crippen molar-refractivity contribution < 1.29 is 31.9 Å². The lowest BCUT2D eigenvalue weighted by Crippen LogP contribution is -2.55. The molecule has 0 fully saturated rings. The van der Waals surface area contributed by atoms with Crippen molar-refractivity contribution in [2.24, 2.45) is 0 Å². The number of carbonyl (C=O) groups excluding carboxylic acids is 3. The summed E-state index contributed by atoms with van der Waals surface area (Å²) in [6, 6.07) is 18.1. The number of hydrogen-bond donors (Lipinski definition) is 2. The molecule has 0 saturated carbocycles. The molecule has 2 N–H and O–H groups in total. The molecule has 44 heavy (non-hydrogen) atoms. The van der Waals surface area contributed by atoms with E-state index in [-0.39, 0.29) is 17.8 Å². The fourth-order valence-corrected chi connectivity index (χ4v) is 5.36. The van der Waals surface area contributed by atoms with E-state index >= 15 is 0 Å². The van der Waals surface area contributed by atoms with Gasteiger partial charge in [0.25, 0.3) is 17.7 Å². The van der Waals surface area contributed by atoms with Crippen LogP contribution in [-0.4, -0.2) is 40.1 Å². The molecule has 3 amide bonds. The largest absolute Gasteiger partial charge is 0.416 e. The molecule has 1 aliphatic rings. The predicted molar refractivity (Wildman–Crippen MR) is 156 cm³/mol. The number of benzene rings is 3. The fourth-order valence-electron chi connectivity index (χ4n) is 5.36. The zero-order chi connectivity index (χ0) is 31.8. The third kappa shape index (κ3) is 5.70. The molecule has 12 heteroatoms. The van der Waals surface area contributed by atoms with Crippen molar-refractivity contribution in [1.29, 1.82) is 0 Å². The SMILES string of the molecule is C=C(F)C(=O)Nc1cccc([C@H]2c3c(C)nn(-c4ccccc4)c3N(CC)C(=O)[C@@H]2NC(=O)c2cccc(C(F)(F)F)c2)c1. The first-order chi connectivity index (χ1) is 20.9. The van der Waals surface area contributed by atoms with Crippen LogP contribution in [0.5, 0.6) is 0 Å². The highest BCUT2D eigenvalue weighted by molar-refractivity contribution is 6.06. The third-order valence-corrected chi connectivity index (χ3v) is 7.32. The number of halogens is 4. The number of fused-ring (bicyclic) bond motifs is 1. The van der Waals surface area contributed by atoms with Gasteiger partial charge in [0.2, 0.25) is 0 Å². The molecular formula is C32H27F4N5O3. The number of alkyl halides is 3. The number of aromatic nitrogens is 2. The average Bonchev–Trinajstić information content (AvgIpc) is 3.34. The summed E-state index contributed by atoms with van der Waals surface area (Å²) in [5.74, 6) is -4.09. The van der Waals surface area contributed by atoms with E-state index in [1.165, 1.54) is 23.1 Å². The molecule has 3 aromatic carbocycles. The summed E-state index contributed by atoms with van der Waals surface area (Å²) in [5, 5.41) is 9.81. The van der Waals surface area contributed by atoms with Gasteiger partial charge in [0.05, 0.1) is 16.9 Å². The standard InChI is InChI=1S/C32H27F4N5O3/c1-4-40-30-25(19(3)39-41(30)24-14-6-5-7-15-24)26(20-10-9-13-23(17-20)37-28(42)18(2)33)27(31(40)44)38-29(43)21-11-8-12-22(16-21)32(34,35)36/h5-17,26-27H,2,4H2,1,3H3,(H,37,42)(H,38,43)/t26-,27+/m0/s1. The summed E-state index contributed by atoms with van der Waals surface area (Å²) in [5.41, 5.74) is 1.17. The van der Waals surface area contributed by atoms with Crippen LogP contribution in [0.4, 0.5) is 29.1 Å². The van der Waals surface area contributed by atoms with Crippen LogP contribution in [0.15, 0.2) is 91.3 Å². The number of para-hydroxylation sites is 1. The van der Waals surface area contributed by atoms with Crippen molar-refractivity contribution in [1.82, 2.24) is 15.1 Å². The lowest BCUT2D eigenvalue weighted by molar-refractivity contribution is -0.137. The molecule has 8 nitrogen and oxygen atoms in total. The van der Waals surface area contributed by atoms with Crippen LogP contribution in [0.25, 0.3) is 5.69 Å². The molecule has 0 unspecified atom stereocenters. The zero-order valence-electron chi connectivity index (χ0n) is 23.7. The first-order valence-corrected chi connectivity index (χ1v) is 13.6. The number of likely N-dealkylation sites (N-methyl/N-ethyl adjacent to an activating group) is 1. The second-order valence-electron chi connectivity index (χ2n) is 10.1. The molecule has 0 spiro atoms. The van der Waals surface area contributed by atoms with E-state index in [4.69, 9.17) is 5.10 Å². The van der Waals surface area contributed by atoms with E-state index in [0.717, 1.165) is 18.2 Å². The van der Waals surface area contributed by atoms with Crippen molar-refractivity contribution in [3.63, 3.8) is 0 Å². The fraction of sp³-hybridized carbons (Fsp3) is 0.188. The van der Waals surface area contributed by atoms with Gasteiger partial charge in [0, 0.05) is 29.3 Å². The quantitative estimate of drug-likeness (QED) is 0.202. The second kappa shape index (κ2) is 11.8. The Morgan fingerprint density at radius 1 is 1.00 bits per heavy atom. The van der Waals surface area contributed by atoms with Gasteiger partial charge in [0.15, 0.2) is 5.83 Å². The number of amides is 3. The van der Waals surface area contributed by atoms with Gasteiger partial charge in [-0.25, -0.2) is 9.07 Å². The first-order valence-electron chi connectivity index (χ1n) is 13.6. The average molecular weight is 606 g/mol. The van der Waals surface area contributed by atoms with Gasteiger partial charge in [-0.3, -0.25) is 19.3 Å². The van der Waals surface area contributed by atoms with E-state index in [1.807, 2.05) is 30.3 Å². The molecule has 226 valence electrons. The highest BCUT2D eigenvalue weighted by Crippen LogP contribution is 2.44. The lowest BCUT2D eigenvalue weighted by atomic mass is 9.81. The van der Waals surface area contributed by atoms with Gasteiger partial charge in [-0.1, -0.05) is 43.0 Å². The highest BCUT2D eigenvalue weighted by Gasteiger charge is 2.45. The summed E-state index contributed by atoms with van der Waals surface area (Å²) >= 11 is 0. The summed E-state index contributed by atoms with van der Waals surface area (Å²) in [4.78, 5) is 41.1. The van der Waals surface area contributed by atoms with Crippen LogP contribution < -0.4 is 15.5 Å². The molecule has 0 saturated heterocycles. The molecule has 5 rings (SSSR count). The Labute approximate surface area is 250 Å². The number of nitrogens with one attached hydrogen (secondary N) is 2. The van der Waals surface area contributed by atoms with Gasteiger partial charge in [-0.15, -0.1) is 0 Å². The Morgan fingerprint density at radius 2 is 1.70 bits per heavy atom. The Hall–Kier alpha value is -5.26. The van der Waals surface area contributed by atoms with E-state index in [9.17, 15) is 31.9 Å². The zero-order valence-corrected chi connectivity index (χ0v) is 23.7. The van der Waals surface area contributed by atoms with Crippen LogP contribution in [-0.2, 0) is 15.8 Å². The predicted octanol–water partition coefficient (Wildman–Crippen LogP) is 5.92. The van der Waals surface area contributed by atoms with Crippen molar-refractivity contribution in [2.45, 2.75) is 32.0 Å². The molecule has 0 bridgehead atoms. The van der Waals surface area contributed by atoms with Crippen LogP contribution >= 0.6 is 0 Å². The highest BCUT2D eigenvalue weighted by atomic mass is 19.4. The van der Waals surface area contributed by atoms with Gasteiger partial charge >= 0.3 is 6.18 Å². The van der Waals surface area contributed by atoms with Gasteiger partial charge in [-0.05, 0) is 61.9 Å². The number of carbonyl (C=O) groups is 3. The van der Waals surface area contributed by atoms with Gasteiger partial charge < -0.3 is 10.6 Å². The minimum absolute atomic E-state index is 0.196. The molecule has 1 aliphatic heterocycles. The number of aryl methyl sites for hydroxylation is 1. The lowest BCUT2D eigenvalue weighted by Gasteiger charge is -2.38. The van der Waals surface area contributed by atoms with Crippen molar-refractivity contribution in [3.8, 4) is 5.69 Å². The number of rotatable bonds is 7. The van der Waals surface area contributed by atoms with Gasteiger partial charge in [0.1, 0.15) is 11.9 Å². The summed E-state index contributed by atoms with van der Waals surface area (Å²) in [6.07, 6.45) is -4.67. The molecular weight excluding hydrogens is 578 g/mol. The summed E-state index contributed by atoms with van der Waals surface area (Å²) in [7, 11) is 0. The van der Waals surface area contributed by atoms with Crippen LogP contribution in [0.2, 0.25) is 0 Å². The Kier molecular flexibility index (Phi) is 8.09. The number of anilines is 2. The van der Waals surface area contributed by atoms with Crippen LogP contribution in [0, 0.1) is 6.92 Å². The minimum atomic E-state index is -4.67. The number of hydrogen-bond acceptors (Lipinski definition) is 4. The molecule has 2 atom stereocenters. The smallest absolute Gasteiger partial charge is 0.339 e. The van der Waals surface area contributed by atoms with Crippen LogP contribution in [0.3, 0.4) is 0 Å². The van der Waals surface area contributed by atoms with E-state index in [1.54, 1.807) is 30.7 Å². The molecule has 1 aromatic heterocycles. The Morgan fingerprint density at radius 3 is 2.36 bits per heavy atom. The first kappa shape index (κ1) is 30.2. The van der Waals surface area contributed by atoms with Crippen molar-refractivity contribution >= 4 is 29.2 Å². The monoisotopic (exact) mass is 605 g/mol. The van der Waals surface area contributed by atoms with E-state index in [2.05, 4.69) is 17.2 Å². The molecule has 0 radical (unpaired) electrons. The maximum atomic E-state index is 14.2. The van der Waals surface area contributed by atoms with Gasteiger partial charge in [-0.2, -0.15) is 18.3 Å². The summed E-state index contributed by atoms with van der Waals surface area (Å²) < 4.78 is 55.3. The third-order valence-electron chi connectivity index (χ3n) is 7.32. The maximum Gasteiger partial charge on any atom is 0.416 e. The molecule has 0 aliphatic carbocycles. The van der Waals surface area contributed by atoms with Crippen molar-refractivity contribution in [3.05, 3.63) is 119 Å². The Bertz CT molecular complexity index is 1770. The summed E-state index contributed by atoms with van der Waals surface area (Å²) in [6.45, 7) is 6.70. The normalized spacial score (nSPS) is 16.3. The van der Waals surface area contributed by atoms with Crippen molar-refractivity contribution in [2.75, 3.05) is 16.8 Å². The van der Waals surface area contributed by atoms with Crippen LogP contribution in [0.1, 0.15) is 45.6 Å². The topological polar surface area (TPSA) is 96.3 Å². The Balaban J connectivity index is 1.66. The van der Waals surface area contributed by atoms with E-state index in [0.29, 0.717) is 28.3 Å². The molecule has 2 heterocycles. The molecule has 4 aromatic rings. The second-order valence-corrected chi connectivity index (χ2v) is 10.1. The number of nitrogens with zero attached hydrogens (tertiary/aromatic N) is 3. The minimum Gasteiger partial charge on any atom is -0.339 e.